The molecule has 7 nitrogen and oxygen atoms in total. The molecule has 46 heavy (non-hydrogen) atoms. The largest absolute Gasteiger partial charge is 0.466 e. The molecule has 0 radical (unpaired) electrons. The summed E-state index contributed by atoms with van der Waals surface area (Å²) in [5.41, 5.74) is 4.78. The number of hydrogen-bond donors (Lipinski definition) is 5. The molecular weight excluding hydrogens is 597 g/mol. The van der Waals surface area contributed by atoms with Crippen molar-refractivity contribution < 1.29 is 29.1 Å². The summed E-state index contributed by atoms with van der Waals surface area (Å²) >= 11 is 0. The first kappa shape index (κ1) is 50.4. The molecule has 0 saturated heterocycles. The zero-order valence-electron chi connectivity index (χ0n) is 31.1. The molecule has 0 aliphatic carbocycles. The first-order valence-corrected chi connectivity index (χ1v) is 21.6. The van der Waals surface area contributed by atoms with Crippen molar-refractivity contribution in [3.8, 4) is 0 Å². The van der Waals surface area contributed by atoms with Gasteiger partial charge in [-0.1, -0.05) is 206 Å². The molecular formula is C38H84NO6P. The molecule has 0 amide bonds. The van der Waals surface area contributed by atoms with Crippen LogP contribution >= 0.6 is 7.82 Å². The fourth-order valence-electron chi connectivity index (χ4n) is 5.61. The van der Waals surface area contributed by atoms with Crippen molar-refractivity contribution in [3.63, 3.8) is 0 Å². The van der Waals surface area contributed by atoms with Gasteiger partial charge in [-0.2, -0.15) is 0 Å². The van der Waals surface area contributed by atoms with E-state index in [9.17, 15) is 0 Å². The van der Waals surface area contributed by atoms with Crippen molar-refractivity contribution in [2.24, 2.45) is 5.73 Å². The highest BCUT2D eigenvalue weighted by molar-refractivity contribution is 7.45. The van der Waals surface area contributed by atoms with Crippen LogP contribution in [0.3, 0.4) is 0 Å². The highest BCUT2D eigenvalue weighted by Gasteiger charge is 2.00. The summed E-state index contributed by atoms with van der Waals surface area (Å²) in [6, 6.07) is 0. The Labute approximate surface area is 287 Å². The Hall–Kier alpha value is -0.0100. The Morgan fingerprint density at radius 2 is 0.565 bits per heavy atom. The zero-order chi connectivity index (χ0) is 34.7. The Morgan fingerprint density at radius 1 is 0.413 bits per heavy atom. The summed E-state index contributed by atoms with van der Waals surface area (Å²) in [6.45, 7) is 7.07. The van der Waals surface area contributed by atoms with Gasteiger partial charge in [-0.3, -0.25) is 0 Å². The molecule has 0 aromatic heterocycles. The minimum atomic E-state index is -4.64. The highest BCUT2D eigenvalue weighted by Crippen LogP contribution is 2.25. The van der Waals surface area contributed by atoms with Gasteiger partial charge in [0.15, 0.2) is 0 Å². The van der Waals surface area contributed by atoms with Crippen LogP contribution in [0.2, 0.25) is 0 Å². The molecule has 0 saturated carbocycles. The summed E-state index contributed by atoms with van der Waals surface area (Å²) in [5, 5.41) is 7.75. The molecule has 0 heterocycles. The second-order valence-electron chi connectivity index (χ2n) is 13.2. The fraction of sp³-hybridized carbons (Fsp3) is 1.00. The van der Waals surface area contributed by atoms with E-state index >= 15 is 0 Å². The first-order valence-electron chi connectivity index (χ1n) is 20.0. The lowest BCUT2D eigenvalue weighted by atomic mass is 10.0. The van der Waals surface area contributed by atoms with Gasteiger partial charge >= 0.3 is 7.82 Å². The van der Waals surface area contributed by atoms with Crippen LogP contribution in [0, 0.1) is 0 Å². The van der Waals surface area contributed by atoms with E-state index in [-0.39, 0.29) is 6.61 Å². The molecule has 282 valence electrons. The van der Waals surface area contributed by atoms with Gasteiger partial charge < -0.3 is 30.3 Å². The minimum absolute atomic E-state index is 0.0972. The summed E-state index contributed by atoms with van der Waals surface area (Å²) in [6.07, 6.45) is 46.0. The first-order chi connectivity index (χ1) is 22.3. The molecule has 0 atom stereocenters. The topological polar surface area (TPSA) is 133 Å². The normalized spacial score (nSPS) is 11.2. The fourth-order valence-corrected chi connectivity index (χ4v) is 5.61. The Balaban J connectivity index is -0.00000179. The van der Waals surface area contributed by atoms with E-state index in [2.05, 4.69) is 13.8 Å². The summed E-state index contributed by atoms with van der Waals surface area (Å²) in [5.74, 6) is 0. The van der Waals surface area contributed by atoms with Crippen molar-refractivity contribution in [3.05, 3.63) is 0 Å². The lowest BCUT2D eigenvalue weighted by Crippen LogP contribution is -2.02. The van der Waals surface area contributed by atoms with Gasteiger partial charge in [-0.05, 0) is 12.8 Å². The zero-order valence-corrected chi connectivity index (χ0v) is 32.0. The molecule has 0 rings (SSSR count). The number of rotatable bonds is 35. The number of ether oxygens (including phenoxy) is 1. The molecule has 0 bridgehead atoms. The predicted octanol–water partition coefficient (Wildman–Crippen LogP) is 11.5. The van der Waals surface area contributed by atoms with E-state index in [4.69, 9.17) is 34.8 Å². The van der Waals surface area contributed by atoms with E-state index < -0.39 is 7.82 Å². The molecule has 0 aliphatic rings. The number of hydrogen-bond acceptors (Lipinski definition) is 4. The van der Waals surface area contributed by atoms with Crippen molar-refractivity contribution in [1.82, 2.24) is 0 Å². The van der Waals surface area contributed by atoms with Crippen molar-refractivity contribution >= 4 is 7.82 Å². The van der Waals surface area contributed by atoms with Crippen LogP contribution in [0.5, 0.6) is 0 Å². The lowest BCUT2D eigenvalue weighted by molar-refractivity contribution is 0.125. The Kier molecular flexibility index (Phi) is 51.6. The molecule has 0 spiro atoms. The van der Waals surface area contributed by atoms with Gasteiger partial charge in [0.2, 0.25) is 0 Å². The number of phosphoric acid groups is 1. The van der Waals surface area contributed by atoms with Crippen LogP contribution in [0.25, 0.3) is 0 Å². The standard InChI is InChI=1S/C36H74O.C2H7NO.H3O4P/c1-3-5-7-9-11-13-15-17-19-21-23-25-27-29-31-33-35-37-36-34-32-30-28-26-24-22-20-18-16-14-12-10-8-6-4-2;3-1-2-4;1-5(2,3)4/h3-36H2,1-2H3;4H,1-3H2;(H3,1,2,3,4). The van der Waals surface area contributed by atoms with Gasteiger partial charge in [-0.25, -0.2) is 4.57 Å². The molecule has 0 aliphatic heterocycles. The molecule has 0 unspecified atom stereocenters. The van der Waals surface area contributed by atoms with E-state index in [0.29, 0.717) is 6.54 Å². The lowest BCUT2D eigenvalue weighted by Gasteiger charge is -2.06. The van der Waals surface area contributed by atoms with E-state index in [1.807, 2.05) is 0 Å². The predicted molar refractivity (Wildman–Crippen MR) is 200 cm³/mol. The van der Waals surface area contributed by atoms with Crippen molar-refractivity contribution in [2.45, 2.75) is 219 Å². The third-order valence-corrected chi connectivity index (χ3v) is 8.41. The quantitative estimate of drug-likeness (QED) is 0.0332. The van der Waals surface area contributed by atoms with Crippen LogP contribution in [0.1, 0.15) is 219 Å². The van der Waals surface area contributed by atoms with Crippen molar-refractivity contribution in [1.29, 1.82) is 0 Å². The number of nitrogens with two attached hydrogens (primary N) is 1. The molecule has 0 aromatic carbocycles. The molecule has 0 aromatic rings. The Morgan fingerprint density at radius 3 is 0.717 bits per heavy atom. The van der Waals surface area contributed by atoms with E-state index in [0.717, 1.165) is 13.2 Å². The average molecular weight is 682 g/mol. The second-order valence-corrected chi connectivity index (χ2v) is 14.3. The summed E-state index contributed by atoms with van der Waals surface area (Å²) in [4.78, 5) is 21.6. The second kappa shape index (κ2) is 47.1. The van der Waals surface area contributed by atoms with Crippen LogP contribution in [-0.4, -0.2) is 46.2 Å². The number of aliphatic hydroxyl groups is 1. The maximum Gasteiger partial charge on any atom is 0.466 e. The molecule has 0 fully saturated rings. The highest BCUT2D eigenvalue weighted by atomic mass is 31.2. The van der Waals surface area contributed by atoms with Gasteiger partial charge in [0.25, 0.3) is 0 Å². The monoisotopic (exact) mass is 682 g/mol. The minimum Gasteiger partial charge on any atom is -0.395 e. The summed E-state index contributed by atoms with van der Waals surface area (Å²) in [7, 11) is -4.64. The summed E-state index contributed by atoms with van der Waals surface area (Å²) < 4.78 is 14.8. The average Bonchev–Trinajstić information content (AvgIpc) is 3.02. The molecule has 6 N–H and O–H groups in total. The maximum atomic E-state index is 8.88. The molecule has 8 heteroatoms. The number of aliphatic hydroxyl groups excluding tert-OH is 1. The van der Waals surface area contributed by atoms with Crippen LogP contribution in [0.15, 0.2) is 0 Å². The number of unbranched alkanes of at least 4 members (excludes halogenated alkanes) is 30. The Bertz CT molecular complexity index is 505. The van der Waals surface area contributed by atoms with Crippen LogP contribution in [-0.2, 0) is 9.30 Å². The van der Waals surface area contributed by atoms with E-state index in [1.54, 1.807) is 0 Å². The van der Waals surface area contributed by atoms with E-state index in [1.165, 1.54) is 205 Å². The third-order valence-electron chi connectivity index (χ3n) is 8.41. The van der Waals surface area contributed by atoms with Gasteiger partial charge in [0, 0.05) is 19.8 Å². The third kappa shape index (κ3) is 66.4. The maximum absolute atomic E-state index is 8.88. The SMILES string of the molecule is CCCCCCCCCCCCCCCCCCOCCCCCCCCCCCCCCCCCC.NCCO.O=P(O)(O)O. The van der Waals surface area contributed by atoms with Crippen LogP contribution in [0.4, 0.5) is 0 Å². The van der Waals surface area contributed by atoms with Crippen molar-refractivity contribution in [2.75, 3.05) is 26.4 Å². The smallest absolute Gasteiger partial charge is 0.395 e. The van der Waals surface area contributed by atoms with Gasteiger partial charge in [0.05, 0.1) is 6.61 Å². The van der Waals surface area contributed by atoms with Gasteiger partial charge in [-0.15, -0.1) is 0 Å². The van der Waals surface area contributed by atoms with Crippen LogP contribution < -0.4 is 5.73 Å². The van der Waals surface area contributed by atoms with Gasteiger partial charge in [0.1, 0.15) is 0 Å².